The van der Waals surface area contributed by atoms with Crippen LogP contribution in [0.15, 0.2) is 54.6 Å². The van der Waals surface area contributed by atoms with Crippen LogP contribution in [0.4, 0.5) is 16.2 Å². The molecule has 0 unspecified atom stereocenters. The Morgan fingerprint density at radius 3 is 2.11 bits per heavy atom. The first-order chi connectivity index (χ1) is 9.15. The van der Waals surface area contributed by atoms with Crippen molar-refractivity contribution in [2.24, 2.45) is 5.73 Å². The first-order valence-corrected chi connectivity index (χ1v) is 5.68. The maximum Gasteiger partial charge on any atom is 0.316 e. The Balaban J connectivity index is 2.11. The van der Waals surface area contributed by atoms with Crippen LogP contribution in [0.3, 0.4) is 0 Å². The molecular formula is C14H13N3O2. The number of carbonyl (C=O) groups is 2. The molecule has 2 aromatic carbocycles. The van der Waals surface area contributed by atoms with Crippen LogP contribution in [0.25, 0.3) is 0 Å². The van der Waals surface area contributed by atoms with E-state index in [1.54, 1.807) is 48.5 Å². The molecule has 0 aliphatic rings. The van der Waals surface area contributed by atoms with Gasteiger partial charge in [-0.1, -0.05) is 24.3 Å². The number of rotatable bonds is 3. The number of nitrogens with one attached hydrogen (secondary N) is 2. The number of nitrogens with two attached hydrogens (primary N) is 1. The largest absolute Gasteiger partial charge is 0.351 e. The molecule has 0 aromatic heterocycles. The predicted molar refractivity (Wildman–Crippen MR) is 74.0 cm³/mol. The second-order valence-corrected chi connectivity index (χ2v) is 3.89. The highest BCUT2D eigenvalue weighted by Gasteiger charge is 2.05. The Labute approximate surface area is 110 Å². The zero-order chi connectivity index (χ0) is 13.7. The summed E-state index contributed by atoms with van der Waals surface area (Å²) in [4.78, 5) is 22.7. The van der Waals surface area contributed by atoms with Crippen molar-refractivity contribution < 1.29 is 9.59 Å². The standard InChI is InChI=1S/C14H13N3O2/c15-14(19)17-12-8-4-7-11(9-12)16-13(18)10-5-2-1-3-6-10/h1-9H,(H,16,18)(H3,15,17,19). The van der Waals surface area contributed by atoms with Gasteiger partial charge in [-0.15, -0.1) is 0 Å². The van der Waals surface area contributed by atoms with Crippen molar-refractivity contribution in [3.63, 3.8) is 0 Å². The van der Waals surface area contributed by atoms with E-state index >= 15 is 0 Å². The van der Waals surface area contributed by atoms with Crippen LogP contribution in [0.2, 0.25) is 0 Å². The maximum atomic E-state index is 11.9. The number of urea groups is 1. The fourth-order valence-electron chi connectivity index (χ4n) is 1.61. The molecule has 2 rings (SSSR count). The van der Waals surface area contributed by atoms with Gasteiger partial charge >= 0.3 is 6.03 Å². The molecular weight excluding hydrogens is 242 g/mol. The molecule has 0 saturated carbocycles. The van der Waals surface area contributed by atoms with Crippen LogP contribution in [0.1, 0.15) is 10.4 Å². The highest BCUT2D eigenvalue weighted by molar-refractivity contribution is 6.04. The molecule has 0 bridgehead atoms. The van der Waals surface area contributed by atoms with Gasteiger partial charge in [-0.25, -0.2) is 4.79 Å². The SMILES string of the molecule is NC(=O)Nc1cccc(NC(=O)c2ccccc2)c1. The van der Waals surface area contributed by atoms with E-state index in [2.05, 4.69) is 10.6 Å². The fraction of sp³-hybridized carbons (Fsp3) is 0. The Kier molecular flexibility index (Phi) is 3.78. The van der Waals surface area contributed by atoms with Gasteiger partial charge < -0.3 is 16.4 Å². The van der Waals surface area contributed by atoms with Gasteiger partial charge in [-0.3, -0.25) is 4.79 Å². The number of primary amides is 1. The number of hydrogen-bond acceptors (Lipinski definition) is 2. The normalized spacial score (nSPS) is 9.68. The third kappa shape index (κ3) is 3.57. The lowest BCUT2D eigenvalue weighted by atomic mass is 10.2. The van der Waals surface area contributed by atoms with Gasteiger partial charge in [0.25, 0.3) is 5.91 Å². The van der Waals surface area contributed by atoms with Crippen molar-refractivity contribution >= 4 is 23.3 Å². The predicted octanol–water partition coefficient (Wildman–Crippen LogP) is 2.43. The first-order valence-electron chi connectivity index (χ1n) is 5.68. The van der Waals surface area contributed by atoms with Gasteiger partial charge in [0.15, 0.2) is 0 Å². The minimum atomic E-state index is -0.647. The van der Waals surface area contributed by atoms with Gasteiger partial charge in [0, 0.05) is 16.9 Å². The van der Waals surface area contributed by atoms with Crippen molar-refractivity contribution in [2.75, 3.05) is 10.6 Å². The molecule has 0 aliphatic heterocycles. The van der Waals surface area contributed by atoms with E-state index in [-0.39, 0.29) is 5.91 Å². The quantitative estimate of drug-likeness (QED) is 0.787. The molecule has 0 heterocycles. The summed E-state index contributed by atoms with van der Waals surface area (Å²) < 4.78 is 0. The van der Waals surface area contributed by atoms with E-state index in [9.17, 15) is 9.59 Å². The zero-order valence-electron chi connectivity index (χ0n) is 10.1. The van der Waals surface area contributed by atoms with E-state index in [4.69, 9.17) is 5.73 Å². The minimum Gasteiger partial charge on any atom is -0.351 e. The summed E-state index contributed by atoms with van der Waals surface area (Å²) in [6.45, 7) is 0. The van der Waals surface area contributed by atoms with Crippen molar-refractivity contribution in [3.8, 4) is 0 Å². The molecule has 0 radical (unpaired) electrons. The van der Waals surface area contributed by atoms with Crippen molar-refractivity contribution in [1.29, 1.82) is 0 Å². The van der Waals surface area contributed by atoms with Crippen LogP contribution >= 0.6 is 0 Å². The maximum absolute atomic E-state index is 11.9. The molecule has 0 spiro atoms. The molecule has 96 valence electrons. The lowest BCUT2D eigenvalue weighted by molar-refractivity contribution is 0.102. The summed E-state index contributed by atoms with van der Waals surface area (Å²) in [5.41, 5.74) is 6.70. The summed E-state index contributed by atoms with van der Waals surface area (Å²) in [6.07, 6.45) is 0. The highest BCUT2D eigenvalue weighted by Crippen LogP contribution is 2.15. The molecule has 2 aromatic rings. The highest BCUT2D eigenvalue weighted by atomic mass is 16.2. The Morgan fingerprint density at radius 1 is 0.842 bits per heavy atom. The molecule has 19 heavy (non-hydrogen) atoms. The van der Waals surface area contributed by atoms with Crippen LogP contribution in [0.5, 0.6) is 0 Å². The molecule has 0 fully saturated rings. The number of amides is 3. The molecule has 0 atom stereocenters. The number of benzene rings is 2. The van der Waals surface area contributed by atoms with Crippen LogP contribution in [-0.4, -0.2) is 11.9 Å². The zero-order valence-corrected chi connectivity index (χ0v) is 10.1. The molecule has 0 saturated heterocycles. The Bertz CT molecular complexity index is 597. The number of anilines is 2. The fourth-order valence-corrected chi connectivity index (χ4v) is 1.61. The Hall–Kier alpha value is -2.82. The van der Waals surface area contributed by atoms with E-state index in [0.717, 1.165) is 0 Å². The smallest absolute Gasteiger partial charge is 0.316 e. The van der Waals surface area contributed by atoms with Gasteiger partial charge in [-0.2, -0.15) is 0 Å². The summed E-state index contributed by atoms with van der Waals surface area (Å²) in [6, 6.07) is 15.0. The van der Waals surface area contributed by atoms with Crippen LogP contribution in [-0.2, 0) is 0 Å². The van der Waals surface area contributed by atoms with E-state index in [0.29, 0.717) is 16.9 Å². The molecule has 5 nitrogen and oxygen atoms in total. The summed E-state index contributed by atoms with van der Waals surface area (Å²) in [5, 5.41) is 5.19. The topological polar surface area (TPSA) is 84.2 Å². The van der Waals surface area contributed by atoms with Crippen molar-refractivity contribution in [1.82, 2.24) is 0 Å². The third-order valence-electron chi connectivity index (χ3n) is 2.42. The lowest BCUT2D eigenvalue weighted by Gasteiger charge is -2.07. The van der Waals surface area contributed by atoms with Gasteiger partial charge in [-0.05, 0) is 30.3 Å². The average Bonchev–Trinajstić information content (AvgIpc) is 2.39. The minimum absolute atomic E-state index is 0.211. The van der Waals surface area contributed by atoms with Crippen molar-refractivity contribution in [2.45, 2.75) is 0 Å². The summed E-state index contributed by atoms with van der Waals surface area (Å²) >= 11 is 0. The second kappa shape index (κ2) is 5.68. The van der Waals surface area contributed by atoms with E-state index in [1.807, 2.05) is 6.07 Å². The Morgan fingerprint density at radius 2 is 1.47 bits per heavy atom. The summed E-state index contributed by atoms with van der Waals surface area (Å²) in [5.74, 6) is -0.211. The van der Waals surface area contributed by atoms with Gasteiger partial charge in [0.2, 0.25) is 0 Å². The molecule has 4 N–H and O–H groups in total. The summed E-state index contributed by atoms with van der Waals surface area (Å²) in [7, 11) is 0. The van der Waals surface area contributed by atoms with E-state index in [1.165, 1.54) is 0 Å². The lowest BCUT2D eigenvalue weighted by Crippen LogP contribution is -2.19. The number of carbonyl (C=O) groups excluding carboxylic acids is 2. The van der Waals surface area contributed by atoms with E-state index < -0.39 is 6.03 Å². The molecule has 3 amide bonds. The monoisotopic (exact) mass is 255 g/mol. The van der Waals surface area contributed by atoms with Crippen molar-refractivity contribution in [3.05, 3.63) is 60.2 Å². The third-order valence-corrected chi connectivity index (χ3v) is 2.42. The molecule has 0 aliphatic carbocycles. The van der Waals surface area contributed by atoms with Gasteiger partial charge in [0.1, 0.15) is 0 Å². The second-order valence-electron chi connectivity index (χ2n) is 3.89. The van der Waals surface area contributed by atoms with Crippen LogP contribution in [0, 0.1) is 0 Å². The molecule has 5 heteroatoms. The van der Waals surface area contributed by atoms with Crippen LogP contribution < -0.4 is 16.4 Å². The van der Waals surface area contributed by atoms with Gasteiger partial charge in [0.05, 0.1) is 0 Å². The first kappa shape index (κ1) is 12.6. The number of hydrogen-bond donors (Lipinski definition) is 3. The average molecular weight is 255 g/mol.